The first-order valence-electron chi connectivity index (χ1n) is 15.7. The van der Waals surface area contributed by atoms with E-state index in [2.05, 4.69) is 10.3 Å². The molecule has 4 rings (SSSR count). The number of nitrogens with one attached hydrogen (secondary N) is 1. The molecule has 0 aliphatic heterocycles. The van der Waals surface area contributed by atoms with Gasteiger partial charge < -0.3 is 21.3 Å². The van der Waals surface area contributed by atoms with Crippen LogP contribution in [0.4, 0.5) is 5.69 Å². The summed E-state index contributed by atoms with van der Waals surface area (Å²) >= 11 is 6.04. The van der Waals surface area contributed by atoms with E-state index in [4.69, 9.17) is 17.3 Å². The van der Waals surface area contributed by atoms with E-state index in [-0.39, 0.29) is 53.5 Å². The molecule has 0 radical (unpaired) electrons. The van der Waals surface area contributed by atoms with Gasteiger partial charge in [0.05, 0.1) is 46.2 Å². The summed E-state index contributed by atoms with van der Waals surface area (Å²) in [6, 6.07) is 16.4. The summed E-state index contributed by atoms with van der Waals surface area (Å²) in [5, 5.41) is 25.5. The Kier molecular flexibility index (Phi) is 12.1. The van der Waals surface area contributed by atoms with Crippen LogP contribution < -0.4 is 16.7 Å². The van der Waals surface area contributed by atoms with Crippen LogP contribution in [0.5, 0.6) is 5.88 Å². The maximum absolute atomic E-state index is 14.0. The van der Waals surface area contributed by atoms with Crippen molar-refractivity contribution in [3.05, 3.63) is 106 Å². The molecule has 4 aromatic rings. The van der Waals surface area contributed by atoms with Crippen LogP contribution >= 0.6 is 11.6 Å². The first-order chi connectivity index (χ1) is 22.7. The highest BCUT2D eigenvalue weighted by Crippen LogP contribution is 2.26. The fourth-order valence-electron chi connectivity index (χ4n) is 5.50. The van der Waals surface area contributed by atoms with Gasteiger partial charge in [-0.2, -0.15) is 4.31 Å². The fraction of sp³-hybridized carbons (Fsp3) is 0.382. The molecule has 0 spiro atoms. The molecular formula is C34H43ClN6O6S. The molecule has 0 aliphatic carbocycles. The van der Waals surface area contributed by atoms with Gasteiger partial charge in [-0.1, -0.05) is 75.7 Å². The number of halogens is 1. The van der Waals surface area contributed by atoms with E-state index in [0.717, 1.165) is 10.1 Å². The Morgan fingerprint density at radius 2 is 1.73 bits per heavy atom. The molecule has 12 nitrogen and oxygen atoms in total. The average Bonchev–Trinajstić information content (AvgIpc) is 3.30. The summed E-state index contributed by atoms with van der Waals surface area (Å²) in [7, 11) is -4.13. The van der Waals surface area contributed by atoms with Gasteiger partial charge in [-0.05, 0) is 54.2 Å². The molecule has 14 heteroatoms. The molecule has 0 bridgehead atoms. The van der Waals surface area contributed by atoms with Gasteiger partial charge in [0.25, 0.3) is 0 Å². The number of sulfonamides is 1. The summed E-state index contributed by atoms with van der Waals surface area (Å²) < 4.78 is 31.1. The molecule has 2 heterocycles. The minimum absolute atomic E-state index is 0.000282. The van der Waals surface area contributed by atoms with Crippen LogP contribution in [-0.2, 0) is 27.8 Å². The first kappa shape index (κ1) is 36.7. The Morgan fingerprint density at radius 3 is 2.33 bits per heavy atom. The number of nitrogen functional groups attached to an aromatic ring is 1. The van der Waals surface area contributed by atoms with Gasteiger partial charge in [0.1, 0.15) is 6.04 Å². The number of pyridine rings is 1. The normalized spacial score (nSPS) is 13.9. The number of aromatic nitrogens is 3. The standard InChI is InChI=1S/C34H43ClN6O6S/c1-22(2)18-39(48(46,47)26-13-14-27(35)28(36)17-26)20-30(42)29(16-24-10-6-5-7-11-24)38-33(44)32(23(3)4)41-21-31(43)40(34(41)45)19-25-12-8-9-15-37-25/h5-15,17,21-23,29-30,32,42-43H,16,18-20,36H2,1-4H3,(H,38,44)/t29-,30+,32-/m0/s1. The van der Waals surface area contributed by atoms with Crippen LogP contribution in [0.1, 0.15) is 45.0 Å². The molecule has 0 saturated heterocycles. The van der Waals surface area contributed by atoms with Crippen LogP contribution in [-0.4, -0.2) is 68.2 Å². The van der Waals surface area contributed by atoms with E-state index in [1.807, 2.05) is 44.2 Å². The van der Waals surface area contributed by atoms with Crippen LogP contribution in [0.25, 0.3) is 0 Å². The quantitative estimate of drug-likeness (QED) is 0.136. The summed E-state index contributed by atoms with van der Waals surface area (Å²) in [6.07, 6.45) is 1.60. The highest BCUT2D eigenvalue weighted by atomic mass is 35.5. The molecule has 48 heavy (non-hydrogen) atoms. The zero-order valence-electron chi connectivity index (χ0n) is 27.4. The fourth-order valence-corrected chi connectivity index (χ4v) is 7.28. The number of carbonyl (C=O) groups is 1. The minimum atomic E-state index is -4.13. The van der Waals surface area contributed by atoms with Crippen molar-refractivity contribution in [2.24, 2.45) is 11.8 Å². The Labute approximate surface area is 285 Å². The summed E-state index contributed by atoms with van der Waals surface area (Å²) in [4.78, 5) is 31.7. The van der Waals surface area contributed by atoms with Crippen molar-refractivity contribution in [2.45, 2.75) is 63.7 Å². The van der Waals surface area contributed by atoms with Crippen molar-refractivity contribution in [1.82, 2.24) is 23.7 Å². The molecule has 258 valence electrons. The molecular weight excluding hydrogens is 656 g/mol. The predicted octanol–water partition coefficient (Wildman–Crippen LogP) is 3.67. The van der Waals surface area contributed by atoms with Crippen molar-refractivity contribution in [3.63, 3.8) is 0 Å². The van der Waals surface area contributed by atoms with E-state index in [1.165, 1.54) is 33.3 Å². The van der Waals surface area contributed by atoms with Gasteiger partial charge in [0.15, 0.2) is 0 Å². The number of nitrogens with zero attached hydrogens (tertiary/aromatic N) is 4. The second-order valence-corrected chi connectivity index (χ2v) is 14.9. The largest absolute Gasteiger partial charge is 0.493 e. The molecule has 5 N–H and O–H groups in total. The number of hydrogen-bond acceptors (Lipinski definition) is 8. The molecule has 0 saturated carbocycles. The second kappa shape index (κ2) is 15.8. The van der Waals surface area contributed by atoms with Gasteiger partial charge in [-0.15, -0.1) is 0 Å². The third-order valence-corrected chi connectivity index (χ3v) is 10.1. The number of nitrogens with two attached hydrogens (primary N) is 1. The van der Waals surface area contributed by atoms with Crippen LogP contribution in [0.15, 0.2) is 88.8 Å². The smallest absolute Gasteiger partial charge is 0.332 e. The maximum atomic E-state index is 14.0. The number of amides is 1. The zero-order chi connectivity index (χ0) is 35.2. The third-order valence-electron chi connectivity index (χ3n) is 7.88. The van der Waals surface area contributed by atoms with Crippen molar-refractivity contribution in [3.8, 4) is 5.88 Å². The Morgan fingerprint density at radius 1 is 1.04 bits per heavy atom. The lowest BCUT2D eigenvalue weighted by atomic mass is 9.98. The molecule has 1 amide bonds. The number of hydrogen-bond donors (Lipinski definition) is 4. The highest BCUT2D eigenvalue weighted by Gasteiger charge is 2.34. The van der Waals surface area contributed by atoms with Crippen LogP contribution in [0.3, 0.4) is 0 Å². The number of imidazole rings is 1. The number of aromatic hydroxyl groups is 1. The number of aliphatic hydroxyl groups is 1. The van der Waals surface area contributed by atoms with Gasteiger partial charge in [0, 0.05) is 19.3 Å². The van der Waals surface area contributed by atoms with Gasteiger partial charge in [-0.25, -0.2) is 13.2 Å². The molecule has 0 aliphatic rings. The monoisotopic (exact) mass is 698 g/mol. The predicted molar refractivity (Wildman–Crippen MR) is 185 cm³/mol. The van der Waals surface area contributed by atoms with Gasteiger partial charge >= 0.3 is 5.69 Å². The lowest BCUT2D eigenvalue weighted by Gasteiger charge is -2.32. The average molecular weight is 699 g/mol. The maximum Gasteiger partial charge on any atom is 0.332 e. The molecule has 0 unspecified atom stereocenters. The van der Waals surface area contributed by atoms with Gasteiger partial charge in [-0.3, -0.25) is 18.9 Å². The number of carbonyl (C=O) groups excluding carboxylic acids is 1. The van der Waals surface area contributed by atoms with E-state index >= 15 is 0 Å². The topological polar surface area (TPSA) is 173 Å². The van der Waals surface area contributed by atoms with Crippen molar-refractivity contribution in [2.75, 3.05) is 18.8 Å². The van der Waals surface area contributed by atoms with Crippen LogP contribution in [0, 0.1) is 11.8 Å². The summed E-state index contributed by atoms with van der Waals surface area (Å²) in [5.74, 6) is -1.41. The molecule has 2 aromatic carbocycles. The minimum Gasteiger partial charge on any atom is -0.493 e. The van der Waals surface area contributed by atoms with E-state index in [0.29, 0.717) is 5.69 Å². The first-order valence-corrected chi connectivity index (χ1v) is 17.5. The van der Waals surface area contributed by atoms with E-state index in [1.54, 1.807) is 38.2 Å². The van der Waals surface area contributed by atoms with E-state index < -0.39 is 45.7 Å². The zero-order valence-corrected chi connectivity index (χ0v) is 29.0. The number of aliphatic hydroxyl groups excluding tert-OH is 1. The van der Waals surface area contributed by atoms with Crippen molar-refractivity contribution < 1.29 is 23.4 Å². The second-order valence-electron chi connectivity index (χ2n) is 12.5. The van der Waals surface area contributed by atoms with Crippen molar-refractivity contribution in [1.29, 1.82) is 0 Å². The number of rotatable bonds is 15. The SMILES string of the molecule is CC(C)CN(C[C@@H](O)[C@H](Cc1ccccc1)NC(=O)[C@H](C(C)C)n1cc(O)n(Cc2ccccn2)c1=O)S(=O)(=O)c1ccc(Cl)c(N)c1. The Balaban J connectivity index is 1.66. The Bertz CT molecular complexity index is 1850. The van der Waals surface area contributed by atoms with E-state index in [9.17, 15) is 28.2 Å². The third kappa shape index (κ3) is 8.84. The molecule has 2 aromatic heterocycles. The lowest BCUT2D eigenvalue weighted by molar-refractivity contribution is -0.127. The van der Waals surface area contributed by atoms with Crippen molar-refractivity contribution >= 4 is 33.2 Å². The molecule has 3 atom stereocenters. The summed E-state index contributed by atoms with van der Waals surface area (Å²) in [5.41, 5.74) is 6.75. The molecule has 0 fully saturated rings. The lowest BCUT2D eigenvalue weighted by Crippen LogP contribution is -2.53. The number of benzene rings is 2. The van der Waals surface area contributed by atoms with Crippen LogP contribution in [0.2, 0.25) is 5.02 Å². The number of anilines is 1. The highest BCUT2D eigenvalue weighted by molar-refractivity contribution is 7.89. The summed E-state index contributed by atoms with van der Waals surface area (Å²) in [6.45, 7) is 6.99. The Hall–Kier alpha value is -4.17. The van der Waals surface area contributed by atoms with Gasteiger partial charge in [0.2, 0.25) is 21.8 Å².